The lowest BCUT2D eigenvalue weighted by Crippen LogP contribution is -2.40. The van der Waals surface area contributed by atoms with E-state index in [-0.39, 0.29) is 0 Å². The normalized spacial score (nSPS) is 13.3. The summed E-state index contributed by atoms with van der Waals surface area (Å²) in [4.78, 5) is 26.8. The molecule has 0 unspecified atom stereocenters. The van der Waals surface area contributed by atoms with Crippen LogP contribution in [0.3, 0.4) is 0 Å². The molecule has 23 heavy (non-hydrogen) atoms. The summed E-state index contributed by atoms with van der Waals surface area (Å²) in [6.07, 6.45) is 0. The van der Waals surface area contributed by atoms with Crippen molar-refractivity contribution in [3.63, 3.8) is 0 Å². The number of anilines is 1. The summed E-state index contributed by atoms with van der Waals surface area (Å²) in [6, 6.07) is 19.4. The Balaban J connectivity index is 2.02. The molecular formula is C19H10N2O2. The Hall–Kier alpha value is -3.45. The molecule has 3 aromatic carbocycles. The lowest BCUT2D eigenvalue weighted by molar-refractivity contribution is 0.0893. The van der Waals surface area contributed by atoms with Gasteiger partial charge in [-0.15, -0.1) is 0 Å². The molecule has 0 spiro atoms. The molecule has 0 radical (unpaired) electrons. The Morgan fingerprint density at radius 1 is 0.783 bits per heavy atom. The van der Waals surface area contributed by atoms with Crippen LogP contribution in [0.5, 0.6) is 0 Å². The average molecular weight is 298 g/mol. The second-order valence-electron chi connectivity index (χ2n) is 5.28. The lowest BCUT2D eigenvalue weighted by atomic mass is 9.93. The molecule has 2 amide bonds. The van der Waals surface area contributed by atoms with Gasteiger partial charge in [-0.3, -0.25) is 9.59 Å². The lowest BCUT2D eigenvalue weighted by Gasteiger charge is -2.27. The first-order chi connectivity index (χ1) is 11.2. The molecule has 4 heteroatoms. The standard InChI is InChI=1S/C19H10N2O2/c20-11-13-5-1-2-10-16(13)21-18(22)14-8-3-6-12-7-4-9-15(17(12)14)19(21)23/h1-10H. The number of carbonyl (C=O) groups is 2. The van der Waals surface area contributed by atoms with E-state index in [1.54, 1.807) is 48.5 Å². The molecule has 1 aliphatic heterocycles. The molecule has 4 nitrogen and oxygen atoms in total. The van der Waals surface area contributed by atoms with Crippen LogP contribution in [0.15, 0.2) is 60.7 Å². The van der Waals surface area contributed by atoms with Crippen LogP contribution in [-0.4, -0.2) is 11.8 Å². The minimum atomic E-state index is -0.401. The summed E-state index contributed by atoms with van der Waals surface area (Å²) in [5, 5.41) is 10.8. The van der Waals surface area contributed by atoms with Gasteiger partial charge >= 0.3 is 0 Å². The molecule has 0 saturated carbocycles. The van der Waals surface area contributed by atoms with Gasteiger partial charge < -0.3 is 0 Å². The summed E-state index contributed by atoms with van der Waals surface area (Å²) in [7, 11) is 0. The van der Waals surface area contributed by atoms with E-state index in [2.05, 4.69) is 0 Å². The number of hydrogen-bond acceptors (Lipinski definition) is 3. The topological polar surface area (TPSA) is 61.2 Å². The van der Waals surface area contributed by atoms with Crippen LogP contribution in [0.2, 0.25) is 0 Å². The molecule has 3 aromatic rings. The number of imide groups is 1. The zero-order valence-corrected chi connectivity index (χ0v) is 12.0. The first kappa shape index (κ1) is 13.2. The Kier molecular flexibility index (Phi) is 2.75. The molecule has 0 N–H and O–H groups in total. The van der Waals surface area contributed by atoms with Crippen molar-refractivity contribution in [2.75, 3.05) is 4.90 Å². The van der Waals surface area contributed by atoms with E-state index in [0.29, 0.717) is 27.8 Å². The largest absolute Gasteiger partial charge is 0.268 e. The van der Waals surface area contributed by atoms with Crippen molar-refractivity contribution >= 4 is 28.3 Å². The zero-order chi connectivity index (χ0) is 16.0. The van der Waals surface area contributed by atoms with Gasteiger partial charge in [0.1, 0.15) is 6.07 Å². The van der Waals surface area contributed by atoms with Gasteiger partial charge in [0.2, 0.25) is 0 Å². The first-order valence-electron chi connectivity index (χ1n) is 7.12. The fourth-order valence-corrected chi connectivity index (χ4v) is 3.01. The number of carbonyl (C=O) groups excluding carboxylic acids is 2. The third kappa shape index (κ3) is 1.77. The van der Waals surface area contributed by atoms with E-state index in [1.807, 2.05) is 18.2 Å². The van der Waals surface area contributed by atoms with E-state index >= 15 is 0 Å². The van der Waals surface area contributed by atoms with Crippen LogP contribution in [0.4, 0.5) is 5.69 Å². The molecule has 0 aromatic heterocycles. The Morgan fingerprint density at radius 2 is 1.39 bits per heavy atom. The van der Waals surface area contributed by atoms with Gasteiger partial charge in [0, 0.05) is 16.5 Å². The van der Waals surface area contributed by atoms with Gasteiger partial charge in [-0.1, -0.05) is 36.4 Å². The van der Waals surface area contributed by atoms with Crippen molar-refractivity contribution in [3.8, 4) is 6.07 Å². The smallest absolute Gasteiger partial charge is 0.266 e. The highest BCUT2D eigenvalue weighted by atomic mass is 16.2. The third-order valence-electron chi connectivity index (χ3n) is 4.04. The quantitative estimate of drug-likeness (QED) is 0.646. The molecule has 0 fully saturated rings. The molecule has 1 aliphatic rings. The number of nitriles is 1. The van der Waals surface area contributed by atoms with E-state index in [1.165, 1.54) is 0 Å². The van der Waals surface area contributed by atoms with Crippen molar-refractivity contribution in [3.05, 3.63) is 77.4 Å². The Morgan fingerprint density at radius 3 is 2.00 bits per heavy atom. The van der Waals surface area contributed by atoms with Gasteiger partial charge in [0.25, 0.3) is 11.8 Å². The van der Waals surface area contributed by atoms with E-state index < -0.39 is 11.8 Å². The SMILES string of the molecule is N#Cc1ccccc1N1C(=O)c2cccc3cccc(c23)C1=O. The van der Waals surface area contributed by atoms with Crippen molar-refractivity contribution in [1.82, 2.24) is 0 Å². The summed E-state index contributed by atoms with van der Waals surface area (Å²) < 4.78 is 0. The van der Waals surface area contributed by atoms with Crippen LogP contribution in [0, 0.1) is 11.3 Å². The monoisotopic (exact) mass is 298 g/mol. The predicted octanol–water partition coefficient (Wildman–Crippen LogP) is 3.51. The molecule has 0 atom stereocenters. The molecule has 1 heterocycles. The fraction of sp³-hybridized carbons (Fsp3) is 0. The second kappa shape index (κ2) is 4.79. The van der Waals surface area contributed by atoms with Gasteiger partial charge in [-0.2, -0.15) is 5.26 Å². The molecule has 108 valence electrons. The maximum Gasteiger partial charge on any atom is 0.266 e. The maximum atomic E-state index is 12.9. The van der Waals surface area contributed by atoms with Crippen molar-refractivity contribution in [2.45, 2.75) is 0 Å². The van der Waals surface area contributed by atoms with Crippen LogP contribution in [0.25, 0.3) is 10.8 Å². The van der Waals surface area contributed by atoms with Crippen LogP contribution in [0.1, 0.15) is 26.3 Å². The highest BCUT2D eigenvalue weighted by molar-refractivity contribution is 6.36. The van der Waals surface area contributed by atoms with Gasteiger partial charge in [-0.05, 0) is 29.7 Å². The minimum Gasteiger partial charge on any atom is -0.268 e. The number of rotatable bonds is 1. The highest BCUT2D eigenvalue weighted by Crippen LogP contribution is 2.33. The van der Waals surface area contributed by atoms with E-state index in [0.717, 1.165) is 10.3 Å². The van der Waals surface area contributed by atoms with Gasteiger partial charge in [0.05, 0.1) is 11.3 Å². The summed E-state index contributed by atoms with van der Waals surface area (Å²) in [5.41, 5.74) is 1.56. The third-order valence-corrected chi connectivity index (χ3v) is 4.04. The maximum absolute atomic E-state index is 12.9. The summed E-state index contributed by atoms with van der Waals surface area (Å²) >= 11 is 0. The molecule has 0 saturated heterocycles. The van der Waals surface area contributed by atoms with Crippen LogP contribution in [-0.2, 0) is 0 Å². The average Bonchev–Trinajstić information content (AvgIpc) is 2.60. The van der Waals surface area contributed by atoms with E-state index in [4.69, 9.17) is 0 Å². The molecular weight excluding hydrogens is 288 g/mol. The van der Waals surface area contributed by atoms with Crippen LogP contribution < -0.4 is 4.90 Å². The summed E-state index contributed by atoms with van der Waals surface area (Å²) in [5.74, 6) is -0.802. The molecule has 4 rings (SSSR count). The Bertz CT molecular complexity index is 980. The number of hydrogen-bond donors (Lipinski definition) is 0. The number of amides is 2. The number of benzene rings is 3. The van der Waals surface area contributed by atoms with Gasteiger partial charge in [0.15, 0.2) is 0 Å². The second-order valence-corrected chi connectivity index (χ2v) is 5.28. The summed E-state index contributed by atoms with van der Waals surface area (Å²) in [6.45, 7) is 0. The first-order valence-corrected chi connectivity index (χ1v) is 7.12. The van der Waals surface area contributed by atoms with Crippen molar-refractivity contribution in [1.29, 1.82) is 5.26 Å². The number of para-hydroxylation sites is 1. The number of nitrogens with zero attached hydrogens (tertiary/aromatic N) is 2. The molecule has 0 bridgehead atoms. The molecule has 0 aliphatic carbocycles. The van der Waals surface area contributed by atoms with Crippen molar-refractivity contribution in [2.24, 2.45) is 0 Å². The predicted molar refractivity (Wildman–Crippen MR) is 86.2 cm³/mol. The Labute approximate surface area is 132 Å². The minimum absolute atomic E-state index is 0.292. The van der Waals surface area contributed by atoms with Gasteiger partial charge in [-0.25, -0.2) is 4.90 Å². The highest BCUT2D eigenvalue weighted by Gasteiger charge is 2.34. The fourth-order valence-electron chi connectivity index (χ4n) is 3.01. The van der Waals surface area contributed by atoms with Crippen LogP contribution >= 0.6 is 0 Å². The van der Waals surface area contributed by atoms with E-state index in [9.17, 15) is 14.9 Å². The zero-order valence-electron chi connectivity index (χ0n) is 12.0. The van der Waals surface area contributed by atoms with Crippen molar-refractivity contribution < 1.29 is 9.59 Å².